The van der Waals surface area contributed by atoms with Crippen LogP contribution in [-0.2, 0) is 19.4 Å². The summed E-state index contributed by atoms with van der Waals surface area (Å²) < 4.78 is 5.85. The van der Waals surface area contributed by atoms with E-state index >= 15 is 0 Å². The largest absolute Gasteiger partial charge is 0.423 e. The Labute approximate surface area is 135 Å². The zero-order chi connectivity index (χ0) is 15.6. The van der Waals surface area contributed by atoms with Crippen molar-refractivity contribution in [2.75, 3.05) is 4.90 Å². The summed E-state index contributed by atoms with van der Waals surface area (Å²) >= 11 is 0. The predicted octanol–water partition coefficient (Wildman–Crippen LogP) is 3.61. The van der Waals surface area contributed by atoms with Gasteiger partial charge >= 0.3 is 0 Å². The Morgan fingerprint density at radius 3 is 2.61 bits per heavy atom. The number of hydrogen-bond donors (Lipinski definition) is 0. The molecule has 4 rings (SSSR count). The first-order valence-electron chi connectivity index (χ1n) is 7.99. The molecule has 1 atom stereocenters. The first-order chi connectivity index (χ1) is 11.3. The molecule has 1 unspecified atom stereocenters. The first kappa shape index (κ1) is 14.0. The molecule has 4 heteroatoms. The van der Waals surface area contributed by atoms with Gasteiger partial charge in [0.25, 0.3) is 0 Å². The summed E-state index contributed by atoms with van der Waals surface area (Å²) in [5, 5.41) is 8.42. The molecular weight excluding hydrogens is 286 g/mol. The summed E-state index contributed by atoms with van der Waals surface area (Å²) in [6.45, 7) is 2.90. The number of para-hydroxylation sites is 1. The van der Waals surface area contributed by atoms with E-state index in [1.807, 2.05) is 18.2 Å². The standard InChI is InChI=1S/C19H19N3O/c1-14-11-16-9-5-6-10-17(16)22(14)13-19-21-20-18(23-19)12-15-7-3-2-4-8-15/h2-10,14H,11-13H2,1H3. The van der Waals surface area contributed by atoms with Crippen LogP contribution in [0.1, 0.15) is 29.8 Å². The summed E-state index contributed by atoms with van der Waals surface area (Å²) in [4.78, 5) is 2.34. The van der Waals surface area contributed by atoms with E-state index in [4.69, 9.17) is 4.42 Å². The molecule has 0 fully saturated rings. The number of anilines is 1. The van der Waals surface area contributed by atoms with Gasteiger partial charge in [-0.25, -0.2) is 0 Å². The van der Waals surface area contributed by atoms with Gasteiger partial charge in [0.05, 0.1) is 13.0 Å². The number of hydrogen-bond acceptors (Lipinski definition) is 4. The summed E-state index contributed by atoms with van der Waals surface area (Å²) in [7, 11) is 0. The highest BCUT2D eigenvalue weighted by Gasteiger charge is 2.26. The second-order valence-electron chi connectivity index (χ2n) is 6.06. The molecule has 1 aliphatic rings. The van der Waals surface area contributed by atoms with E-state index in [9.17, 15) is 0 Å². The van der Waals surface area contributed by atoms with Gasteiger partial charge < -0.3 is 9.32 Å². The molecule has 2 aromatic carbocycles. The Morgan fingerprint density at radius 1 is 1.00 bits per heavy atom. The van der Waals surface area contributed by atoms with E-state index < -0.39 is 0 Å². The molecule has 23 heavy (non-hydrogen) atoms. The van der Waals surface area contributed by atoms with Gasteiger partial charge in [0.2, 0.25) is 11.8 Å². The van der Waals surface area contributed by atoms with Crippen molar-refractivity contribution in [3.8, 4) is 0 Å². The summed E-state index contributed by atoms with van der Waals surface area (Å²) in [6, 6.07) is 19.2. The SMILES string of the molecule is CC1Cc2ccccc2N1Cc1nnc(Cc2ccccc2)o1. The first-order valence-corrected chi connectivity index (χ1v) is 7.99. The van der Waals surface area contributed by atoms with E-state index in [1.165, 1.54) is 16.8 Å². The molecule has 116 valence electrons. The van der Waals surface area contributed by atoms with Crippen molar-refractivity contribution in [2.45, 2.75) is 32.4 Å². The van der Waals surface area contributed by atoms with Crippen molar-refractivity contribution in [2.24, 2.45) is 0 Å². The lowest BCUT2D eigenvalue weighted by molar-refractivity contribution is 0.447. The van der Waals surface area contributed by atoms with Crippen LogP contribution in [0.4, 0.5) is 5.69 Å². The minimum atomic E-state index is 0.455. The van der Waals surface area contributed by atoms with Crippen LogP contribution < -0.4 is 4.90 Å². The zero-order valence-electron chi connectivity index (χ0n) is 13.1. The van der Waals surface area contributed by atoms with Crippen molar-refractivity contribution < 1.29 is 4.42 Å². The van der Waals surface area contributed by atoms with E-state index in [0.717, 1.165) is 6.42 Å². The Kier molecular flexibility index (Phi) is 3.58. The molecule has 1 aromatic heterocycles. The minimum Gasteiger partial charge on any atom is -0.423 e. The molecule has 4 nitrogen and oxygen atoms in total. The number of aromatic nitrogens is 2. The van der Waals surface area contributed by atoms with Gasteiger partial charge in [-0.2, -0.15) is 0 Å². The molecule has 0 saturated carbocycles. The summed E-state index contributed by atoms with van der Waals surface area (Å²) in [5.41, 5.74) is 3.86. The van der Waals surface area contributed by atoms with Crippen molar-refractivity contribution in [1.82, 2.24) is 10.2 Å². The Morgan fingerprint density at radius 2 is 1.74 bits per heavy atom. The van der Waals surface area contributed by atoms with E-state index in [2.05, 4.69) is 58.4 Å². The third-order valence-electron chi connectivity index (χ3n) is 4.36. The molecule has 3 aromatic rings. The molecule has 0 bridgehead atoms. The molecule has 0 saturated heterocycles. The maximum absolute atomic E-state index is 5.85. The number of benzene rings is 2. The van der Waals surface area contributed by atoms with E-state index in [-0.39, 0.29) is 0 Å². The topological polar surface area (TPSA) is 42.2 Å². The molecule has 0 spiro atoms. The average Bonchev–Trinajstić information content (AvgIpc) is 3.14. The van der Waals surface area contributed by atoms with Gasteiger partial charge in [0.1, 0.15) is 0 Å². The fourth-order valence-electron chi connectivity index (χ4n) is 3.21. The maximum Gasteiger partial charge on any atom is 0.235 e. The molecule has 0 aliphatic carbocycles. The number of rotatable bonds is 4. The van der Waals surface area contributed by atoms with Crippen LogP contribution >= 0.6 is 0 Å². The van der Waals surface area contributed by atoms with E-state index in [0.29, 0.717) is 30.8 Å². The lowest BCUT2D eigenvalue weighted by Crippen LogP contribution is -2.28. The van der Waals surface area contributed by atoms with Crippen molar-refractivity contribution >= 4 is 5.69 Å². The van der Waals surface area contributed by atoms with Gasteiger partial charge in [-0.15, -0.1) is 10.2 Å². The van der Waals surface area contributed by atoms with Crippen LogP contribution in [0.15, 0.2) is 59.0 Å². The second kappa shape index (κ2) is 5.88. The van der Waals surface area contributed by atoms with Crippen molar-refractivity contribution in [1.29, 1.82) is 0 Å². The third-order valence-corrected chi connectivity index (χ3v) is 4.36. The van der Waals surface area contributed by atoms with Crippen LogP contribution in [0.2, 0.25) is 0 Å². The minimum absolute atomic E-state index is 0.455. The second-order valence-corrected chi connectivity index (χ2v) is 6.06. The fourth-order valence-corrected chi connectivity index (χ4v) is 3.21. The predicted molar refractivity (Wildman–Crippen MR) is 89.3 cm³/mol. The quantitative estimate of drug-likeness (QED) is 0.738. The van der Waals surface area contributed by atoms with Crippen molar-refractivity contribution in [3.63, 3.8) is 0 Å². The molecule has 2 heterocycles. The van der Waals surface area contributed by atoms with Gasteiger partial charge in [-0.1, -0.05) is 48.5 Å². The molecule has 0 N–H and O–H groups in total. The maximum atomic E-state index is 5.85. The number of fused-ring (bicyclic) bond motifs is 1. The monoisotopic (exact) mass is 305 g/mol. The smallest absolute Gasteiger partial charge is 0.235 e. The fraction of sp³-hybridized carbons (Fsp3) is 0.263. The van der Waals surface area contributed by atoms with Crippen LogP contribution in [0.3, 0.4) is 0 Å². The summed E-state index contributed by atoms with van der Waals surface area (Å²) in [5.74, 6) is 1.35. The lowest BCUT2D eigenvalue weighted by atomic mass is 10.1. The highest BCUT2D eigenvalue weighted by molar-refractivity contribution is 5.59. The Hall–Kier alpha value is -2.62. The molecular formula is C19H19N3O. The zero-order valence-corrected chi connectivity index (χ0v) is 13.1. The average molecular weight is 305 g/mol. The van der Waals surface area contributed by atoms with Gasteiger partial charge in [-0.05, 0) is 30.5 Å². The van der Waals surface area contributed by atoms with E-state index in [1.54, 1.807) is 0 Å². The van der Waals surface area contributed by atoms with Crippen LogP contribution in [0.25, 0.3) is 0 Å². The molecule has 1 aliphatic heterocycles. The molecule has 0 amide bonds. The summed E-state index contributed by atoms with van der Waals surface area (Å²) in [6.07, 6.45) is 1.75. The van der Waals surface area contributed by atoms with Crippen LogP contribution in [0, 0.1) is 0 Å². The number of nitrogens with zero attached hydrogens (tertiary/aromatic N) is 3. The Balaban J connectivity index is 1.50. The third kappa shape index (κ3) is 2.84. The van der Waals surface area contributed by atoms with Gasteiger partial charge in [-0.3, -0.25) is 0 Å². The van der Waals surface area contributed by atoms with Gasteiger partial charge in [0.15, 0.2) is 0 Å². The van der Waals surface area contributed by atoms with Crippen LogP contribution in [-0.4, -0.2) is 16.2 Å². The van der Waals surface area contributed by atoms with Gasteiger partial charge in [0, 0.05) is 11.7 Å². The molecule has 0 radical (unpaired) electrons. The normalized spacial score (nSPS) is 16.6. The van der Waals surface area contributed by atoms with Crippen molar-refractivity contribution in [3.05, 3.63) is 77.5 Å². The highest BCUT2D eigenvalue weighted by atomic mass is 16.4. The Bertz CT molecular complexity index is 797. The lowest BCUT2D eigenvalue weighted by Gasteiger charge is -2.22. The van der Waals surface area contributed by atoms with Crippen LogP contribution in [0.5, 0.6) is 0 Å². The highest BCUT2D eigenvalue weighted by Crippen LogP contribution is 2.32.